The summed E-state index contributed by atoms with van der Waals surface area (Å²) in [5.74, 6) is -0.197. The molecule has 0 spiro atoms. The van der Waals surface area contributed by atoms with Crippen LogP contribution in [0.4, 0.5) is 5.69 Å². The van der Waals surface area contributed by atoms with E-state index in [2.05, 4.69) is 9.88 Å². The van der Waals surface area contributed by atoms with Crippen LogP contribution in [0.5, 0.6) is 0 Å². The molecule has 0 unspecified atom stereocenters. The summed E-state index contributed by atoms with van der Waals surface area (Å²) in [6, 6.07) is 24.1. The second kappa shape index (κ2) is 10.5. The van der Waals surface area contributed by atoms with Gasteiger partial charge < -0.3 is 9.80 Å². The Labute approximate surface area is 219 Å². The number of hydrogen-bond donors (Lipinski definition) is 0. The van der Waals surface area contributed by atoms with Gasteiger partial charge in [0.1, 0.15) is 0 Å². The van der Waals surface area contributed by atoms with Gasteiger partial charge in [-0.25, -0.2) is 4.98 Å². The second-order valence-corrected chi connectivity index (χ2v) is 9.34. The van der Waals surface area contributed by atoms with E-state index in [1.807, 2.05) is 53.4 Å². The molecule has 0 bridgehead atoms. The fraction of sp³-hybridized carbons (Fsp3) is 0.138. The van der Waals surface area contributed by atoms with E-state index < -0.39 is 0 Å². The van der Waals surface area contributed by atoms with Crippen LogP contribution < -0.4 is 4.90 Å². The Bertz CT molecular complexity index is 1460. The molecule has 1 aliphatic rings. The Morgan fingerprint density at radius 1 is 0.778 bits per heavy atom. The number of carbonyl (C=O) groups excluding carboxylic acids is 2. The van der Waals surface area contributed by atoms with Gasteiger partial charge in [-0.3, -0.25) is 9.59 Å². The van der Waals surface area contributed by atoms with Crippen LogP contribution in [0, 0.1) is 0 Å². The summed E-state index contributed by atoms with van der Waals surface area (Å²) in [4.78, 5) is 34.2. The van der Waals surface area contributed by atoms with Crippen LogP contribution in [-0.2, 0) is 0 Å². The van der Waals surface area contributed by atoms with Gasteiger partial charge in [0.15, 0.2) is 5.78 Å². The number of ketones is 1. The number of aromatic nitrogens is 1. The third-order valence-electron chi connectivity index (χ3n) is 6.28. The van der Waals surface area contributed by atoms with E-state index in [4.69, 9.17) is 23.2 Å². The standard InChI is InChI=1S/C29H23Cl2N3O2/c30-24-5-3-7-26(28(24)31)33-16-18-34(19-17-33)29(36)22-10-8-21(9-11-22)27(35)15-14-23-13-12-20-4-1-2-6-25(20)32-23/h1-15H,16-19H2/b15-14+. The Morgan fingerprint density at radius 2 is 1.50 bits per heavy atom. The summed E-state index contributed by atoms with van der Waals surface area (Å²) in [6.45, 7) is 2.47. The number of nitrogens with zero attached hydrogens (tertiary/aromatic N) is 3. The third-order valence-corrected chi connectivity index (χ3v) is 7.09. The number of hydrogen-bond acceptors (Lipinski definition) is 4. The van der Waals surface area contributed by atoms with Gasteiger partial charge in [-0.2, -0.15) is 0 Å². The van der Waals surface area contributed by atoms with Crippen molar-refractivity contribution in [3.8, 4) is 0 Å². The van der Waals surface area contributed by atoms with Crippen LogP contribution in [-0.4, -0.2) is 47.8 Å². The SMILES string of the molecule is O=C(/C=C/c1ccc2ccccc2n1)c1ccc(C(=O)N2CCN(c3cccc(Cl)c3Cl)CC2)cc1. The zero-order valence-electron chi connectivity index (χ0n) is 19.4. The molecule has 5 rings (SSSR count). The lowest BCUT2D eigenvalue weighted by Gasteiger charge is -2.36. The highest BCUT2D eigenvalue weighted by Crippen LogP contribution is 2.33. The van der Waals surface area contributed by atoms with Crippen LogP contribution in [0.1, 0.15) is 26.4 Å². The maximum Gasteiger partial charge on any atom is 0.253 e. The van der Waals surface area contributed by atoms with E-state index in [1.165, 1.54) is 6.08 Å². The van der Waals surface area contributed by atoms with E-state index >= 15 is 0 Å². The van der Waals surface area contributed by atoms with Gasteiger partial charge >= 0.3 is 0 Å². The Hall–Kier alpha value is -3.67. The Balaban J connectivity index is 1.20. The second-order valence-electron chi connectivity index (χ2n) is 8.56. The fourth-order valence-corrected chi connectivity index (χ4v) is 4.69. The number of rotatable bonds is 5. The lowest BCUT2D eigenvalue weighted by Crippen LogP contribution is -2.48. The number of fused-ring (bicyclic) bond motifs is 1. The van der Waals surface area contributed by atoms with Crippen molar-refractivity contribution in [2.75, 3.05) is 31.1 Å². The lowest BCUT2D eigenvalue weighted by atomic mass is 10.1. The molecule has 1 amide bonds. The van der Waals surface area contributed by atoms with E-state index in [0.29, 0.717) is 53.0 Å². The van der Waals surface area contributed by atoms with Gasteiger partial charge in [-0.1, -0.05) is 65.7 Å². The molecule has 3 aromatic carbocycles. The molecule has 1 aromatic heterocycles. The van der Waals surface area contributed by atoms with Crippen LogP contribution in [0.25, 0.3) is 17.0 Å². The number of halogens is 2. The predicted molar refractivity (Wildman–Crippen MR) is 146 cm³/mol. The fourth-order valence-electron chi connectivity index (χ4n) is 4.28. The molecule has 4 aromatic rings. The van der Waals surface area contributed by atoms with E-state index in [-0.39, 0.29) is 11.7 Å². The first-order valence-electron chi connectivity index (χ1n) is 11.7. The summed E-state index contributed by atoms with van der Waals surface area (Å²) in [5.41, 5.74) is 3.55. The summed E-state index contributed by atoms with van der Waals surface area (Å²) in [6.07, 6.45) is 3.22. The number of carbonyl (C=O) groups is 2. The number of allylic oxidation sites excluding steroid dienone is 1. The molecule has 0 aliphatic carbocycles. The van der Waals surface area contributed by atoms with Gasteiger partial charge in [0.25, 0.3) is 5.91 Å². The number of benzene rings is 3. The number of anilines is 1. The normalized spacial score (nSPS) is 13.9. The maximum atomic E-state index is 13.0. The number of amides is 1. The molecule has 180 valence electrons. The summed E-state index contributed by atoms with van der Waals surface area (Å²) in [7, 11) is 0. The van der Waals surface area contributed by atoms with Crippen LogP contribution in [0.2, 0.25) is 10.0 Å². The highest BCUT2D eigenvalue weighted by atomic mass is 35.5. The topological polar surface area (TPSA) is 53.5 Å². The van der Waals surface area contributed by atoms with Crippen molar-refractivity contribution in [3.05, 3.63) is 112 Å². The summed E-state index contributed by atoms with van der Waals surface area (Å²) < 4.78 is 0. The minimum atomic E-state index is -0.143. The molecule has 0 saturated carbocycles. The molecule has 1 fully saturated rings. The molecular formula is C29H23Cl2N3O2. The van der Waals surface area contributed by atoms with Crippen molar-refractivity contribution in [2.45, 2.75) is 0 Å². The zero-order chi connectivity index (χ0) is 25.1. The largest absolute Gasteiger partial charge is 0.367 e. The van der Waals surface area contributed by atoms with Crippen molar-refractivity contribution >= 4 is 57.6 Å². The minimum absolute atomic E-state index is 0.0539. The smallest absolute Gasteiger partial charge is 0.253 e. The van der Waals surface area contributed by atoms with E-state index in [0.717, 1.165) is 16.6 Å². The molecule has 1 saturated heterocycles. The molecular weight excluding hydrogens is 493 g/mol. The first-order valence-corrected chi connectivity index (χ1v) is 12.4. The van der Waals surface area contributed by atoms with Gasteiger partial charge in [0, 0.05) is 42.7 Å². The van der Waals surface area contributed by atoms with Gasteiger partial charge in [-0.05, 0) is 48.6 Å². The third kappa shape index (κ3) is 5.13. The van der Waals surface area contributed by atoms with Crippen molar-refractivity contribution in [1.29, 1.82) is 0 Å². The van der Waals surface area contributed by atoms with Crippen molar-refractivity contribution in [1.82, 2.24) is 9.88 Å². The first-order chi connectivity index (χ1) is 17.5. The summed E-state index contributed by atoms with van der Waals surface area (Å²) >= 11 is 12.5. The Morgan fingerprint density at radius 3 is 2.28 bits per heavy atom. The number of pyridine rings is 1. The van der Waals surface area contributed by atoms with Gasteiger partial charge in [0.05, 0.1) is 26.9 Å². The number of piperazine rings is 1. The highest BCUT2D eigenvalue weighted by molar-refractivity contribution is 6.43. The molecule has 5 nitrogen and oxygen atoms in total. The molecule has 36 heavy (non-hydrogen) atoms. The molecule has 0 N–H and O–H groups in total. The quantitative estimate of drug-likeness (QED) is 0.228. The zero-order valence-corrected chi connectivity index (χ0v) is 20.9. The number of para-hydroxylation sites is 1. The van der Waals surface area contributed by atoms with Gasteiger partial charge in [-0.15, -0.1) is 0 Å². The molecule has 0 radical (unpaired) electrons. The van der Waals surface area contributed by atoms with Crippen molar-refractivity contribution in [2.24, 2.45) is 0 Å². The maximum absolute atomic E-state index is 13.0. The van der Waals surface area contributed by atoms with Crippen molar-refractivity contribution in [3.63, 3.8) is 0 Å². The van der Waals surface area contributed by atoms with Gasteiger partial charge in [0.2, 0.25) is 0 Å². The molecule has 7 heteroatoms. The molecule has 2 heterocycles. The molecule has 1 aliphatic heterocycles. The van der Waals surface area contributed by atoms with Crippen LogP contribution in [0.15, 0.2) is 84.9 Å². The van der Waals surface area contributed by atoms with E-state index in [9.17, 15) is 9.59 Å². The van der Waals surface area contributed by atoms with Crippen molar-refractivity contribution < 1.29 is 9.59 Å². The van der Waals surface area contributed by atoms with Crippen LogP contribution >= 0.6 is 23.2 Å². The highest BCUT2D eigenvalue weighted by Gasteiger charge is 2.24. The Kier molecular flexibility index (Phi) is 7.03. The minimum Gasteiger partial charge on any atom is -0.367 e. The average Bonchev–Trinajstić information content (AvgIpc) is 2.93. The summed E-state index contributed by atoms with van der Waals surface area (Å²) in [5, 5.41) is 2.10. The first kappa shape index (κ1) is 24.0. The molecule has 0 atom stereocenters. The lowest BCUT2D eigenvalue weighted by molar-refractivity contribution is 0.0746. The average molecular weight is 516 g/mol. The monoisotopic (exact) mass is 515 g/mol. The predicted octanol–water partition coefficient (Wildman–Crippen LogP) is 6.40. The van der Waals surface area contributed by atoms with E-state index in [1.54, 1.807) is 36.4 Å². The van der Waals surface area contributed by atoms with Crippen LogP contribution in [0.3, 0.4) is 0 Å².